The molecule has 4 rings (SSSR count). The Morgan fingerprint density at radius 1 is 1.38 bits per heavy atom. The van der Waals surface area contributed by atoms with Crippen LogP contribution in [0.15, 0.2) is 55.4 Å². The fourth-order valence-corrected chi connectivity index (χ4v) is 3.53. The number of carbonyl (C=O) groups excluding carboxylic acids is 1. The average molecular weight is 351 g/mol. The van der Waals surface area contributed by atoms with Gasteiger partial charge in [0.25, 0.3) is 12.2 Å². The number of imidazole rings is 1. The van der Waals surface area contributed by atoms with Crippen molar-refractivity contribution in [2.45, 2.75) is 38.3 Å². The molecule has 1 atom stereocenters. The van der Waals surface area contributed by atoms with E-state index in [1.54, 1.807) is 12.4 Å². The van der Waals surface area contributed by atoms with Crippen LogP contribution in [0.5, 0.6) is 0 Å². The van der Waals surface area contributed by atoms with E-state index in [9.17, 15) is 4.79 Å². The summed E-state index contributed by atoms with van der Waals surface area (Å²) in [6, 6.07) is 7.97. The van der Waals surface area contributed by atoms with Gasteiger partial charge in [-0.3, -0.25) is 9.78 Å². The Hall–Kier alpha value is -2.73. The van der Waals surface area contributed by atoms with Crippen molar-refractivity contribution < 1.29 is 14.1 Å². The van der Waals surface area contributed by atoms with Gasteiger partial charge in [0.2, 0.25) is 0 Å². The minimum Gasteiger partial charge on any atom is -0.375 e. The van der Waals surface area contributed by atoms with Gasteiger partial charge in [0.05, 0.1) is 11.8 Å². The smallest absolute Gasteiger partial charge is 0.257 e. The molecule has 3 aromatic rings. The summed E-state index contributed by atoms with van der Waals surface area (Å²) in [6.07, 6.45) is 10.9. The molecule has 0 saturated carbocycles. The molecule has 134 valence electrons. The molecule has 26 heavy (non-hydrogen) atoms. The van der Waals surface area contributed by atoms with Crippen LogP contribution in [0.3, 0.4) is 0 Å². The largest absolute Gasteiger partial charge is 0.375 e. The lowest BCUT2D eigenvalue weighted by molar-refractivity contribution is -0.594. The highest BCUT2D eigenvalue weighted by atomic mass is 16.5. The Labute approximate surface area is 152 Å². The lowest BCUT2D eigenvalue weighted by atomic mass is 9.94. The Kier molecular flexibility index (Phi) is 4.20. The van der Waals surface area contributed by atoms with Crippen LogP contribution in [-0.2, 0) is 4.74 Å². The van der Waals surface area contributed by atoms with Gasteiger partial charge in [-0.1, -0.05) is 6.07 Å². The van der Waals surface area contributed by atoms with Crippen molar-refractivity contribution in [2.24, 2.45) is 0 Å². The molecule has 1 unspecified atom stereocenters. The molecule has 0 bridgehead atoms. The van der Waals surface area contributed by atoms with Crippen LogP contribution in [-0.4, -0.2) is 33.5 Å². The van der Waals surface area contributed by atoms with Gasteiger partial charge in [-0.15, -0.1) is 0 Å². The number of nitrogens with one attached hydrogen (secondary N) is 1. The first-order valence-electron chi connectivity index (χ1n) is 8.89. The number of fused-ring (bicyclic) bond motifs is 1. The predicted octanol–water partition coefficient (Wildman–Crippen LogP) is 2.30. The van der Waals surface area contributed by atoms with E-state index in [0.717, 1.165) is 24.0 Å². The van der Waals surface area contributed by atoms with Crippen LogP contribution in [0.2, 0.25) is 0 Å². The minimum atomic E-state index is -0.206. The molecule has 1 N–H and O–H groups in total. The zero-order chi connectivity index (χ0) is 18.1. The molecule has 6 heteroatoms. The van der Waals surface area contributed by atoms with Crippen LogP contribution < -0.4 is 9.88 Å². The van der Waals surface area contributed by atoms with Crippen molar-refractivity contribution in [1.29, 1.82) is 0 Å². The fraction of sp³-hybridized carbons (Fsp3) is 0.350. The van der Waals surface area contributed by atoms with Gasteiger partial charge in [0, 0.05) is 31.1 Å². The second kappa shape index (κ2) is 6.53. The molecule has 1 amide bonds. The van der Waals surface area contributed by atoms with E-state index in [2.05, 4.69) is 24.1 Å². The number of nitrogens with zero attached hydrogens (tertiary/aromatic N) is 3. The molecule has 0 aliphatic carbocycles. The van der Waals surface area contributed by atoms with E-state index in [1.807, 2.05) is 52.0 Å². The number of carbonyl (C=O) groups is 1. The second-order valence-electron chi connectivity index (χ2n) is 7.35. The highest BCUT2D eigenvalue weighted by molar-refractivity contribution is 5.96. The highest BCUT2D eigenvalue weighted by Gasteiger charge is 2.30. The molecule has 0 aromatic carbocycles. The minimum absolute atomic E-state index is 0.0986. The van der Waals surface area contributed by atoms with Gasteiger partial charge in [-0.05, 0) is 38.8 Å². The fourth-order valence-electron chi connectivity index (χ4n) is 3.53. The molecule has 0 radical (unpaired) electrons. The SMILES string of the molecule is CC1(C)CC(NC(=O)c2cnccc2-[n+]2cc3ccccn3c2)CCO1. The van der Waals surface area contributed by atoms with Gasteiger partial charge in [0.15, 0.2) is 5.52 Å². The number of hydrogen-bond donors (Lipinski definition) is 1. The Morgan fingerprint density at radius 2 is 2.27 bits per heavy atom. The molecule has 3 aromatic heterocycles. The first-order chi connectivity index (χ1) is 12.5. The van der Waals surface area contributed by atoms with Gasteiger partial charge in [-0.2, -0.15) is 0 Å². The molecule has 1 aliphatic rings. The third kappa shape index (κ3) is 3.32. The molecule has 1 saturated heterocycles. The molecular weight excluding hydrogens is 328 g/mol. The van der Waals surface area contributed by atoms with Crippen molar-refractivity contribution in [3.8, 4) is 5.69 Å². The van der Waals surface area contributed by atoms with E-state index in [4.69, 9.17) is 4.74 Å². The van der Waals surface area contributed by atoms with Crippen molar-refractivity contribution in [1.82, 2.24) is 14.7 Å². The van der Waals surface area contributed by atoms with Crippen molar-refractivity contribution in [3.05, 3.63) is 60.9 Å². The standard InChI is InChI=1S/C20H22N4O2/c1-20(2)11-15(7-10-26-20)22-19(25)17-12-21-8-6-18(17)24-13-16-5-3-4-9-23(16)14-24/h3-6,8-9,12-15H,7,10-11H2,1-2H3/p+1. The Morgan fingerprint density at radius 3 is 3.08 bits per heavy atom. The number of ether oxygens (including phenoxy) is 1. The molecule has 0 spiro atoms. The lowest BCUT2D eigenvalue weighted by Crippen LogP contribution is -2.46. The summed E-state index contributed by atoms with van der Waals surface area (Å²) in [5.74, 6) is -0.0986. The molecular formula is C20H23N4O2+. The first-order valence-corrected chi connectivity index (χ1v) is 8.89. The van der Waals surface area contributed by atoms with Gasteiger partial charge in [0.1, 0.15) is 17.4 Å². The van der Waals surface area contributed by atoms with Gasteiger partial charge >= 0.3 is 0 Å². The summed E-state index contributed by atoms with van der Waals surface area (Å²) in [7, 11) is 0. The number of pyridine rings is 2. The highest BCUT2D eigenvalue weighted by Crippen LogP contribution is 2.24. The zero-order valence-corrected chi connectivity index (χ0v) is 15.1. The van der Waals surface area contributed by atoms with E-state index in [0.29, 0.717) is 12.2 Å². The van der Waals surface area contributed by atoms with E-state index in [-0.39, 0.29) is 17.6 Å². The van der Waals surface area contributed by atoms with E-state index in [1.165, 1.54) is 0 Å². The number of rotatable bonds is 3. The summed E-state index contributed by atoms with van der Waals surface area (Å²) in [6.45, 7) is 4.78. The van der Waals surface area contributed by atoms with Crippen LogP contribution in [0, 0.1) is 0 Å². The molecule has 1 fully saturated rings. The predicted molar refractivity (Wildman–Crippen MR) is 97.2 cm³/mol. The zero-order valence-electron chi connectivity index (χ0n) is 15.1. The summed E-state index contributed by atoms with van der Waals surface area (Å²) in [5.41, 5.74) is 2.23. The van der Waals surface area contributed by atoms with Gasteiger partial charge < -0.3 is 10.1 Å². The van der Waals surface area contributed by atoms with Crippen molar-refractivity contribution in [3.63, 3.8) is 0 Å². The monoisotopic (exact) mass is 351 g/mol. The Bertz CT molecular complexity index is 915. The number of aromatic nitrogens is 3. The summed E-state index contributed by atoms with van der Waals surface area (Å²) >= 11 is 0. The van der Waals surface area contributed by atoms with E-state index >= 15 is 0 Å². The average Bonchev–Trinajstić information content (AvgIpc) is 3.05. The third-order valence-electron chi connectivity index (χ3n) is 4.80. The van der Waals surface area contributed by atoms with Crippen LogP contribution in [0.1, 0.15) is 37.0 Å². The van der Waals surface area contributed by atoms with Crippen LogP contribution in [0.4, 0.5) is 0 Å². The van der Waals surface area contributed by atoms with Crippen molar-refractivity contribution >= 4 is 11.4 Å². The van der Waals surface area contributed by atoms with Crippen LogP contribution >= 0.6 is 0 Å². The quantitative estimate of drug-likeness (QED) is 0.737. The van der Waals surface area contributed by atoms with Crippen molar-refractivity contribution in [2.75, 3.05) is 6.61 Å². The summed E-state index contributed by atoms with van der Waals surface area (Å²) in [5, 5.41) is 3.16. The number of hydrogen-bond acceptors (Lipinski definition) is 3. The normalized spacial score (nSPS) is 19.4. The first kappa shape index (κ1) is 16.7. The molecule has 6 nitrogen and oxygen atoms in total. The topological polar surface area (TPSA) is 59.5 Å². The van der Waals surface area contributed by atoms with Gasteiger partial charge in [-0.25, -0.2) is 8.97 Å². The Balaban J connectivity index is 1.62. The third-order valence-corrected chi connectivity index (χ3v) is 4.80. The van der Waals surface area contributed by atoms with Crippen LogP contribution in [0.25, 0.3) is 11.2 Å². The maximum atomic E-state index is 12.9. The summed E-state index contributed by atoms with van der Waals surface area (Å²) < 4.78 is 9.71. The maximum Gasteiger partial charge on any atom is 0.257 e. The second-order valence-corrected chi connectivity index (χ2v) is 7.35. The lowest BCUT2D eigenvalue weighted by Gasteiger charge is -2.35. The molecule has 4 heterocycles. The maximum absolute atomic E-state index is 12.9. The van der Waals surface area contributed by atoms with E-state index < -0.39 is 0 Å². The summed E-state index contributed by atoms with van der Waals surface area (Å²) in [4.78, 5) is 17.1. The number of amides is 1. The molecule has 1 aliphatic heterocycles.